The molecule has 0 atom stereocenters. The standard InChI is InChI=1S/C15H19ClN2OS3/c16-12-3-5-13(6-4-12)21-10-7-17-14(19)11-22-15(20)18-8-1-2-9-18/h3-6H,1-2,7-11H2,(H,17,19). The highest BCUT2D eigenvalue weighted by molar-refractivity contribution is 8.23. The van der Waals surface area contributed by atoms with E-state index in [1.54, 1.807) is 11.8 Å². The summed E-state index contributed by atoms with van der Waals surface area (Å²) in [5.74, 6) is 1.29. The Hall–Kier alpha value is -0.430. The van der Waals surface area contributed by atoms with Crippen LogP contribution in [0.2, 0.25) is 5.02 Å². The van der Waals surface area contributed by atoms with Gasteiger partial charge in [-0.1, -0.05) is 35.6 Å². The maximum absolute atomic E-state index is 11.8. The fourth-order valence-electron chi connectivity index (χ4n) is 2.06. The van der Waals surface area contributed by atoms with Crippen molar-refractivity contribution < 1.29 is 4.79 Å². The predicted octanol–water partition coefficient (Wildman–Crippen LogP) is 3.66. The van der Waals surface area contributed by atoms with Gasteiger partial charge in [-0.25, -0.2) is 0 Å². The molecule has 0 radical (unpaired) electrons. The van der Waals surface area contributed by atoms with Gasteiger partial charge in [0.1, 0.15) is 4.32 Å². The molecule has 120 valence electrons. The number of likely N-dealkylation sites (tertiary alicyclic amines) is 1. The second-order valence-electron chi connectivity index (χ2n) is 4.90. The van der Waals surface area contributed by atoms with Crippen LogP contribution in [0.1, 0.15) is 12.8 Å². The molecule has 1 aromatic carbocycles. The summed E-state index contributed by atoms with van der Waals surface area (Å²) in [5, 5.41) is 3.66. The first-order valence-electron chi connectivity index (χ1n) is 7.22. The third-order valence-corrected chi connectivity index (χ3v) is 5.99. The monoisotopic (exact) mass is 374 g/mol. The third-order valence-electron chi connectivity index (χ3n) is 3.20. The maximum Gasteiger partial charge on any atom is 0.230 e. The number of amides is 1. The van der Waals surface area contributed by atoms with Crippen molar-refractivity contribution in [3.8, 4) is 0 Å². The van der Waals surface area contributed by atoms with Crippen molar-refractivity contribution in [2.75, 3.05) is 31.1 Å². The highest BCUT2D eigenvalue weighted by Crippen LogP contribution is 2.19. The van der Waals surface area contributed by atoms with Crippen LogP contribution in [-0.4, -0.2) is 46.3 Å². The number of hydrogen-bond donors (Lipinski definition) is 1. The van der Waals surface area contributed by atoms with E-state index < -0.39 is 0 Å². The number of nitrogens with zero attached hydrogens (tertiary/aromatic N) is 1. The quantitative estimate of drug-likeness (QED) is 0.466. The fourth-order valence-corrected chi connectivity index (χ4v) is 4.03. The van der Waals surface area contributed by atoms with Gasteiger partial charge in [-0.3, -0.25) is 4.79 Å². The molecule has 1 aromatic rings. The Bertz CT molecular complexity index is 504. The van der Waals surface area contributed by atoms with E-state index in [0.29, 0.717) is 12.3 Å². The summed E-state index contributed by atoms with van der Waals surface area (Å²) >= 11 is 14.3. The lowest BCUT2D eigenvalue weighted by Gasteiger charge is -2.17. The van der Waals surface area contributed by atoms with Crippen LogP contribution in [-0.2, 0) is 4.79 Å². The molecule has 0 aliphatic carbocycles. The van der Waals surface area contributed by atoms with E-state index in [9.17, 15) is 4.79 Å². The van der Waals surface area contributed by atoms with Crippen molar-refractivity contribution in [3.63, 3.8) is 0 Å². The Kier molecular flexibility index (Phi) is 7.86. The van der Waals surface area contributed by atoms with Gasteiger partial charge in [-0.15, -0.1) is 11.8 Å². The van der Waals surface area contributed by atoms with Crippen molar-refractivity contribution in [2.45, 2.75) is 17.7 Å². The number of thiocarbonyl (C=S) groups is 1. The number of hydrogen-bond acceptors (Lipinski definition) is 4. The lowest BCUT2D eigenvalue weighted by molar-refractivity contribution is -0.118. The molecule has 1 aliphatic heterocycles. The molecule has 0 aromatic heterocycles. The molecule has 1 aliphatic rings. The molecule has 3 nitrogen and oxygen atoms in total. The Morgan fingerprint density at radius 3 is 2.64 bits per heavy atom. The van der Waals surface area contributed by atoms with Gasteiger partial charge in [0, 0.05) is 35.3 Å². The third kappa shape index (κ3) is 6.36. The number of carbonyl (C=O) groups is 1. The zero-order chi connectivity index (χ0) is 15.8. The first-order chi connectivity index (χ1) is 10.6. The van der Waals surface area contributed by atoms with Crippen LogP contribution >= 0.6 is 47.3 Å². The van der Waals surface area contributed by atoms with Crippen molar-refractivity contribution >= 4 is 57.6 Å². The summed E-state index contributed by atoms with van der Waals surface area (Å²) < 4.78 is 0.850. The minimum atomic E-state index is 0.0447. The van der Waals surface area contributed by atoms with Crippen LogP contribution in [0.15, 0.2) is 29.2 Å². The maximum atomic E-state index is 11.8. The molecule has 0 saturated carbocycles. The van der Waals surface area contributed by atoms with Crippen LogP contribution in [0.4, 0.5) is 0 Å². The van der Waals surface area contributed by atoms with Gasteiger partial charge >= 0.3 is 0 Å². The highest BCUT2D eigenvalue weighted by Gasteiger charge is 2.15. The molecule has 22 heavy (non-hydrogen) atoms. The molecule has 1 N–H and O–H groups in total. The normalized spacial score (nSPS) is 14.1. The van der Waals surface area contributed by atoms with E-state index >= 15 is 0 Å². The van der Waals surface area contributed by atoms with Crippen LogP contribution in [0, 0.1) is 0 Å². The lowest BCUT2D eigenvalue weighted by atomic mass is 10.4. The molecule has 1 heterocycles. The second-order valence-corrected chi connectivity index (χ2v) is 8.12. The van der Waals surface area contributed by atoms with Crippen molar-refractivity contribution in [2.24, 2.45) is 0 Å². The van der Waals surface area contributed by atoms with E-state index in [4.69, 9.17) is 23.8 Å². The minimum Gasteiger partial charge on any atom is -0.358 e. The van der Waals surface area contributed by atoms with E-state index in [2.05, 4.69) is 10.2 Å². The first kappa shape index (κ1) is 17.9. The van der Waals surface area contributed by atoms with E-state index in [0.717, 1.165) is 33.1 Å². The fraction of sp³-hybridized carbons (Fsp3) is 0.467. The van der Waals surface area contributed by atoms with Crippen LogP contribution < -0.4 is 5.32 Å². The largest absolute Gasteiger partial charge is 0.358 e. The zero-order valence-corrected chi connectivity index (χ0v) is 15.4. The summed E-state index contributed by atoms with van der Waals surface area (Å²) in [6.07, 6.45) is 2.41. The second kappa shape index (κ2) is 9.65. The molecule has 1 amide bonds. The molecule has 1 saturated heterocycles. The smallest absolute Gasteiger partial charge is 0.230 e. The molecule has 0 bridgehead atoms. The Morgan fingerprint density at radius 2 is 1.95 bits per heavy atom. The van der Waals surface area contributed by atoms with Gasteiger partial charge in [0.15, 0.2) is 0 Å². The number of thioether (sulfide) groups is 2. The molecule has 2 rings (SSSR count). The van der Waals surface area contributed by atoms with Crippen molar-refractivity contribution in [3.05, 3.63) is 29.3 Å². The van der Waals surface area contributed by atoms with E-state index in [-0.39, 0.29) is 5.91 Å². The van der Waals surface area contributed by atoms with Crippen molar-refractivity contribution in [1.29, 1.82) is 0 Å². The van der Waals surface area contributed by atoms with Gasteiger partial charge in [0.25, 0.3) is 0 Å². The van der Waals surface area contributed by atoms with Crippen LogP contribution in [0.5, 0.6) is 0 Å². The highest BCUT2D eigenvalue weighted by atomic mass is 35.5. The van der Waals surface area contributed by atoms with Crippen molar-refractivity contribution in [1.82, 2.24) is 10.2 Å². The SMILES string of the molecule is O=C(CSC(=S)N1CCCC1)NCCSc1ccc(Cl)cc1. The Labute approximate surface area is 150 Å². The lowest BCUT2D eigenvalue weighted by Crippen LogP contribution is -2.30. The number of nitrogens with one attached hydrogen (secondary N) is 1. The summed E-state index contributed by atoms with van der Waals surface area (Å²) in [7, 11) is 0. The van der Waals surface area contributed by atoms with Crippen LogP contribution in [0.3, 0.4) is 0 Å². The number of carbonyl (C=O) groups excluding carboxylic acids is 1. The summed E-state index contributed by atoms with van der Waals surface area (Å²) in [4.78, 5) is 15.1. The molecule has 0 spiro atoms. The molecule has 7 heteroatoms. The summed E-state index contributed by atoms with van der Waals surface area (Å²) in [6, 6.07) is 7.72. The molecule has 1 fully saturated rings. The first-order valence-corrected chi connectivity index (χ1v) is 9.97. The Balaban J connectivity index is 1.55. The summed E-state index contributed by atoms with van der Waals surface area (Å²) in [6.45, 7) is 2.72. The number of benzene rings is 1. The van der Waals surface area contributed by atoms with E-state index in [1.165, 1.54) is 24.6 Å². The average Bonchev–Trinajstić information content (AvgIpc) is 3.05. The average molecular weight is 375 g/mol. The summed E-state index contributed by atoms with van der Waals surface area (Å²) in [5.41, 5.74) is 0. The van der Waals surface area contributed by atoms with Gasteiger partial charge in [0.2, 0.25) is 5.91 Å². The number of halogens is 1. The van der Waals surface area contributed by atoms with Gasteiger partial charge in [-0.2, -0.15) is 0 Å². The zero-order valence-electron chi connectivity index (χ0n) is 12.2. The van der Waals surface area contributed by atoms with Gasteiger partial charge in [0.05, 0.1) is 5.75 Å². The molecule has 0 unspecified atom stereocenters. The molecular formula is C15H19ClN2OS3. The molecular weight excluding hydrogens is 356 g/mol. The van der Waals surface area contributed by atoms with Gasteiger partial charge < -0.3 is 10.2 Å². The van der Waals surface area contributed by atoms with Gasteiger partial charge in [-0.05, 0) is 37.1 Å². The predicted molar refractivity (Wildman–Crippen MR) is 101 cm³/mol. The Morgan fingerprint density at radius 1 is 1.27 bits per heavy atom. The van der Waals surface area contributed by atoms with E-state index in [1.807, 2.05) is 24.3 Å². The topological polar surface area (TPSA) is 32.3 Å². The minimum absolute atomic E-state index is 0.0447. The number of rotatable bonds is 6. The van der Waals surface area contributed by atoms with Crippen LogP contribution in [0.25, 0.3) is 0 Å².